The van der Waals surface area contributed by atoms with E-state index in [0.717, 1.165) is 30.4 Å². The third-order valence-corrected chi connectivity index (χ3v) is 3.79. The van der Waals surface area contributed by atoms with Crippen LogP contribution in [0.1, 0.15) is 57.2 Å². The number of ketones is 1. The van der Waals surface area contributed by atoms with Crippen molar-refractivity contribution in [3.63, 3.8) is 0 Å². The van der Waals surface area contributed by atoms with Gasteiger partial charge in [0.2, 0.25) is 5.91 Å². The summed E-state index contributed by atoms with van der Waals surface area (Å²) in [5.74, 6) is -0.0167. The number of nitrogens with zero attached hydrogens (tertiary/aromatic N) is 1. The Morgan fingerprint density at radius 2 is 1.90 bits per heavy atom. The quantitative estimate of drug-likeness (QED) is 0.837. The van der Waals surface area contributed by atoms with Crippen LogP contribution in [0.15, 0.2) is 30.5 Å². The zero-order chi connectivity index (χ0) is 14.7. The third-order valence-electron chi connectivity index (χ3n) is 3.79. The van der Waals surface area contributed by atoms with Gasteiger partial charge in [0.05, 0.1) is 6.04 Å². The molecule has 3 nitrogen and oxygen atoms in total. The van der Waals surface area contributed by atoms with Gasteiger partial charge in [-0.1, -0.05) is 44.0 Å². The summed E-state index contributed by atoms with van der Waals surface area (Å²) in [6, 6.07) is 7.96. The molecule has 1 aliphatic heterocycles. The first kappa shape index (κ1) is 14.5. The van der Waals surface area contributed by atoms with E-state index in [-0.39, 0.29) is 17.7 Å². The fourth-order valence-corrected chi connectivity index (χ4v) is 2.76. The normalized spacial score (nSPS) is 17.4. The summed E-state index contributed by atoms with van der Waals surface area (Å²) in [7, 11) is 0. The highest BCUT2D eigenvalue weighted by atomic mass is 16.2. The lowest BCUT2D eigenvalue weighted by atomic mass is 9.87. The fraction of sp³-hybridized carbons (Fsp3) is 0.412. The van der Waals surface area contributed by atoms with Crippen molar-refractivity contribution >= 4 is 17.3 Å². The van der Waals surface area contributed by atoms with E-state index in [0.29, 0.717) is 5.57 Å². The van der Waals surface area contributed by atoms with E-state index in [9.17, 15) is 9.59 Å². The second-order valence-electron chi connectivity index (χ2n) is 5.27. The number of benzene rings is 1. The Labute approximate surface area is 120 Å². The van der Waals surface area contributed by atoms with E-state index >= 15 is 0 Å². The molecule has 1 aromatic carbocycles. The highest BCUT2D eigenvalue weighted by Crippen LogP contribution is 2.37. The maximum absolute atomic E-state index is 11.9. The molecular formula is C17H21NO2. The molecule has 2 rings (SSSR count). The van der Waals surface area contributed by atoms with Gasteiger partial charge in [-0.05, 0) is 24.5 Å². The number of hydrogen-bond donors (Lipinski definition) is 0. The molecular weight excluding hydrogens is 250 g/mol. The lowest BCUT2D eigenvalue weighted by Crippen LogP contribution is -2.32. The van der Waals surface area contributed by atoms with Crippen LogP contribution < -0.4 is 0 Å². The Morgan fingerprint density at radius 1 is 1.20 bits per heavy atom. The summed E-state index contributed by atoms with van der Waals surface area (Å²) in [6.45, 7) is 5.25. The second-order valence-corrected chi connectivity index (χ2v) is 5.27. The Hall–Kier alpha value is -1.90. The molecule has 3 heteroatoms. The predicted octanol–water partition coefficient (Wildman–Crippen LogP) is 3.71. The number of hydrogen-bond acceptors (Lipinski definition) is 2. The van der Waals surface area contributed by atoms with Gasteiger partial charge in [-0.3, -0.25) is 9.59 Å². The zero-order valence-corrected chi connectivity index (χ0v) is 12.3. The minimum atomic E-state index is -0.0145. The SMILES string of the molecule is CCCC[C@H]1c2ccccc2C(C(C)=O)=CN1C(C)=O. The highest BCUT2D eigenvalue weighted by molar-refractivity contribution is 6.20. The number of fused-ring (bicyclic) bond motifs is 1. The molecule has 1 aromatic rings. The van der Waals surface area contributed by atoms with Crippen LogP contribution in [0.4, 0.5) is 0 Å². The largest absolute Gasteiger partial charge is 0.311 e. The Morgan fingerprint density at radius 3 is 2.50 bits per heavy atom. The van der Waals surface area contributed by atoms with Crippen molar-refractivity contribution in [2.24, 2.45) is 0 Å². The van der Waals surface area contributed by atoms with Crippen LogP contribution in [0.5, 0.6) is 0 Å². The molecule has 1 amide bonds. The van der Waals surface area contributed by atoms with Gasteiger partial charge in [0.15, 0.2) is 5.78 Å². The topological polar surface area (TPSA) is 37.4 Å². The molecule has 1 aliphatic rings. The number of allylic oxidation sites excluding steroid dienone is 1. The lowest BCUT2D eigenvalue weighted by Gasteiger charge is -2.34. The van der Waals surface area contributed by atoms with Gasteiger partial charge in [-0.2, -0.15) is 0 Å². The number of rotatable bonds is 4. The average Bonchev–Trinajstić information content (AvgIpc) is 2.43. The molecule has 1 heterocycles. The lowest BCUT2D eigenvalue weighted by molar-refractivity contribution is -0.128. The number of carbonyl (C=O) groups is 2. The van der Waals surface area contributed by atoms with E-state index in [1.165, 1.54) is 0 Å². The molecule has 1 atom stereocenters. The number of unbranched alkanes of at least 4 members (excludes halogenated alkanes) is 1. The monoisotopic (exact) mass is 271 g/mol. The van der Waals surface area contributed by atoms with Gasteiger partial charge in [0.25, 0.3) is 0 Å². The molecule has 0 saturated carbocycles. The minimum absolute atomic E-state index is 0.00218. The summed E-state index contributed by atoms with van der Waals surface area (Å²) in [5, 5.41) is 0. The summed E-state index contributed by atoms with van der Waals surface area (Å²) in [4.78, 5) is 25.5. The van der Waals surface area contributed by atoms with Gasteiger partial charge in [-0.25, -0.2) is 0 Å². The molecule has 0 aromatic heterocycles. The third kappa shape index (κ3) is 2.67. The molecule has 0 fully saturated rings. The van der Waals surface area contributed by atoms with Gasteiger partial charge < -0.3 is 4.90 Å². The van der Waals surface area contributed by atoms with E-state index in [2.05, 4.69) is 6.92 Å². The maximum Gasteiger partial charge on any atom is 0.223 e. The summed E-state index contributed by atoms with van der Waals surface area (Å²) in [6.07, 6.45) is 4.81. The van der Waals surface area contributed by atoms with E-state index in [1.54, 1.807) is 24.9 Å². The standard InChI is InChI=1S/C17H21NO2/c1-4-5-10-17-15-9-7-6-8-14(15)16(12(2)19)11-18(17)13(3)20/h6-9,11,17H,4-5,10H2,1-3H3/t17-/m0/s1. The van der Waals surface area contributed by atoms with Crippen molar-refractivity contribution in [1.29, 1.82) is 0 Å². The highest BCUT2D eigenvalue weighted by Gasteiger charge is 2.30. The first-order valence-electron chi connectivity index (χ1n) is 7.17. The number of Topliss-reactive ketones (excluding diaryl/α,β-unsaturated/α-hetero) is 1. The van der Waals surface area contributed by atoms with Gasteiger partial charge >= 0.3 is 0 Å². The average molecular weight is 271 g/mol. The molecule has 0 unspecified atom stereocenters. The fourth-order valence-electron chi connectivity index (χ4n) is 2.76. The molecule has 0 bridgehead atoms. The summed E-state index contributed by atoms with van der Waals surface area (Å²) < 4.78 is 0. The van der Waals surface area contributed by atoms with E-state index < -0.39 is 0 Å². The van der Waals surface area contributed by atoms with Crippen LogP contribution >= 0.6 is 0 Å². The maximum atomic E-state index is 11.9. The van der Waals surface area contributed by atoms with Crippen molar-refractivity contribution < 1.29 is 9.59 Å². The van der Waals surface area contributed by atoms with Crippen molar-refractivity contribution in [2.45, 2.75) is 46.1 Å². The van der Waals surface area contributed by atoms with Crippen LogP contribution in [0.3, 0.4) is 0 Å². The number of amides is 1. The van der Waals surface area contributed by atoms with Gasteiger partial charge in [0, 0.05) is 18.7 Å². The van der Waals surface area contributed by atoms with Crippen LogP contribution in [0.2, 0.25) is 0 Å². The summed E-state index contributed by atoms with van der Waals surface area (Å²) >= 11 is 0. The Kier molecular flexibility index (Phi) is 4.38. The minimum Gasteiger partial charge on any atom is -0.311 e. The van der Waals surface area contributed by atoms with Crippen LogP contribution in [0.25, 0.3) is 5.57 Å². The van der Waals surface area contributed by atoms with Crippen LogP contribution in [-0.2, 0) is 9.59 Å². The van der Waals surface area contributed by atoms with Crippen molar-refractivity contribution in [1.82, 2.24) is 4.90 Å². The zero-order valence-electron chi connectivity index (χ0n) is 12.3. The first-order valence-corrected chi connectivity index (χ1v) is 7.17. The molecule has 0 spiro atoms. The van der Waals surface area contributed by atoms with Crippen molar-refractivity contribution in [2.75, 3.05) is 0 Å². The predicted molar refractivity (Wildman–Crippen MR) is 79.9 cm³/mol. The molecule has 0 radical (unpaired) electrons. The molecule has 0 N–H and O–H groups in total. The van der Waals surface area contributed by atoms with Crippen molar-refractivity contribution in [3.8, 4) is 0 Å². The van der Waals surface area contributed by atoms with Crippen LogP contribution in [0, 0.1) is 0 Å². The number of carbonyl (C=O) groups excluding carboxylic acids is 2. The summed E-state index contributed by atoms with van der Waals surface area (Å²) in [5.41, 5.74) is 2.69. The Balaban J connectivity index is 2.52. The molecule has 0 saturated heterocycles. The van der Waals surface area contributed by atoms with Gasteiger partial charge in [0.1, 0.15) is 0 Å². The van der Waals surface area contributed by atoms with E-state index in [1.807, 2.05) is 24.3 Å². The van der Waals surface area contributed by atoms with Gasteiger partial charge in [-0.15, -0.1) is 0 Å². The molecule has 106 valence electrons. The molecule has 20 heavy (non-hydrogen) atoms. The van der Waals surface area contributed by atoms with E-state index in [4.69, 9.17) is 0 Å². The first-order chi connectivity index (χ1) is 9.56. The van der Waals surface area contributed by atoms with Crippen molar-refractivity contribution in [3.05, 3.63) is 41.6 Å². The van der Waals surface area contributed by atoms with Crippen LogP contribution in [-0.4, -0.2) is 16.6 Å². The Bertz CT molecular complexity index is 560. The smallest absolute Gasteiger partial charge is 0.223 e. The molecule has 0 aliphatic carbocycles. The second kappa shape index (κ2) is 6.04.